The van der Waals surface area contributed by atoms with Crippen molar-refractivity contribution in [2.45, 2.75) is 411 Å². The highest BCUT2D eigenvalue weighted by molar-refractivity contribution is 7.47. The number of aliphatic hydroxyl groups excluding tert-OH is 1. The first-order chi connectivity index (χ1) is 39.0. The van der Waals surface area contributed by atoms with Crippen molar-refractivity contribution >= 4 is 13.7 Å². The maximum absolute atomic E-state index is 13.1. The number of unbranched alkanes of at least 4 members (excludes halogenated alkanes) is 56. The van der Waals surface area contributed by atoms with Gasteiger partial charge < -0.3 is 19.8 Å². The van der Waals surface area contributed by atoms with Crippen LogP contribution in [0.4, 0.5) is 0 Å². The van der Waals surface area contributed by atoms with Gasteiger partial charge in [-0.05, 0) is 12.8 Å². The molecule has 0 saturated heterocycles. The molecular weight excluding hydrogens is 1010 g/mol. The highest BCUT2D eigenvalue weighted by Crippen LogP contribution is 2.43. The molecular formula is C71H146N2O6P+. The zero-order valence-corrected chi connectivity index (χ0v) is 56.0. The fourth-order valence-electron chi connectivity index (χ4n) is 11.7. The van der Waals surface area contributed by atoms with E-state index in [1.54, 1.807) is 0 Å². The molecule has 0 rings (SSSR count). The van der Waals surface area contributed by atoms with Crippen LogP contribution in [0, 0.1) is 0 Å². The van der Waals surface area contributed by atoms with Gasteiger partial charge in [0.2, 0.25) is 5.91 Å². The number of rotatable bonds is 69. The van der Waals surface area contributed by atoms with Crippen molar-refractivity contribution in [1.82, 2.24) is 5.32 Å². The number of phosphoric ester groups is 1. The Hall–Kier alpha value is -0.500. The molecule has 9 heteroatoms. The van der Waals surface area contributed by atoms with Crippen LogP contribution in [0.2, 0.25) is 0 Å². The maximum atomic E-state index is 13.1. The van der Waals surface area contributed by atoms with Crippen LogP contribution < -0.4 is 5.32 Å². The molecule has 0 spiro atoms. The highest BCUT2D eigenvalue weighted by Gasteiger charge is 2.28. The van der Waals surface area contributed by atoms with Gasteiger partial charge in [0.1, 0.15) is 13.2 Å². The predicted molar refractivity (Wildman–Crippen MR) is 351 cm³/mol. The molecule has 1 amide bonds. The summed E-state index contributed by atoms with van der Waals surface area (Å²) < 4.78 is 23.9. The fourth-order valence-corrected chi connectivity index (χ4v) is 12.4. The average Bonchev–Trinajstić information content (AvgIpc) is 3.42. The van der Waals surface area contributed by atoms with E-state index in [9.17, 15) is 19.4 Å². The number of hydrogen-bond acceptors (Lipinski definition) is 5. The van der Waals surface area contributed by atoms with Gasteiger partial charge in [-0.2, -0.15) is 0 Å². The summed E-state index contributed by atoms with van der Waals surface area (Å²) in [6.07, 6.45) is 79.4. The summed E-state index contributed by atoms with van der Waals surface area (Å²) in [5.41, 5.74) is 0. The van der Waals surface area contributed by atoms with Crippen LogP contribution in [0.3, 0.4) is 0 Å². The lowest BCUT2D eigenvalue weighted by atomic mass is 10.0. The van der Waals surface area contributed by atoms with Crippen molar-refractivity contribution in [3.8, 4) is 0 Å². The third kappa shape index (κ3) is 65.1. The summed E-state index contributed by atoms with van der Waals surface area (Å²) in [6, 6.07) is -0.757. The van der Waals surface area contributed by atoms with Crippen molar-refractivity contribution in [3.05, 3.63) is 0 Å². The first kappa shape index (κ1) is 79.5. The van der Waals surface area contributed by atoms with E-state index in [0.717, 1.165) is 38.5 Å². The molecule has 80 heavy (non-hydrogen) atoms. The number of aliphatic hydroxyl groups is 1. The second-order valence-corrected chi connectivity index (χ2v) is 28.1. The Morgan fingerprint density at radius 1 is 0.375 bits per heavy atom. The van der Waals surface area contributed by atoms with E-state index in [1.165, 1.54) is 334 Å². The Balaban J connectivity index is 3.89. The van der Waals surface area contributed by atoms with E-state index in [2.05, 4.69) is 19.2 Å². The molecule has 3 unspecified atom stereocenters. The Morgan fingerprint density at radius 2 is 0.600 bits per heavy atom. The topological polar surface area (TPSA) is 105 Å². The Morgan fingerprint density at radius 3 is 0.838 bits per heavy atom. The van der Waals surface area contributed by atoms with Gasteiger partial charge in [0.25, 0.3) is 0 Å². The number of carbonyl (C=O) groups is 1. The first-order valence-electron chi connectivity index (χ1n) is 36.4. The third-order valence-corrected chi connectivity index (χ3v) is 18.3. The molecule has 8 nitrogen and oxygen atoms in total. The fraction of sp³-hybridized carbons (Fsp3) is 0.986. The molecule has 0 heterocycles. The highest BCUT2D eigenvalue weighted by atomic mass is 31.2. The lowest BCUT2D eigenvalue weighted by molar-refractivity contribution is -0.870. The standard InChI is InChI=1S/C71H145N2O6P/c1-6-8-10-12-14-16-18-20-22-24-26-28-29-30-31-32-33-34-35-36-37-38-39-40-41-42-43-45-47-49-51-53-55-57-59-61-63-65-71(75)72-69(68-79-80(76,77)78-67-66-73(3,4)5)70(74)64-62-60-58-56-54-52-50-48-46-44-27-25-23-21-19-17-15-13-11-9-7-2/h69-70,74H,6-68H2,1-5H3,(H-,72,75,76,77)/p+1. The molecule has 0 aromatic carbocycles. The van der Waals surface area contributed by atoms with E-state index in [1.807, 2.05) is 21.1 Å². The van der Waals surface area contributed by atoms with Crippen molar-refractivity contribution in [3.63, 3.8) is 0 Å². The van der Waals surface area contributed by atoms with Gasteiger partial charge in [0, 0.05) is 6.42 Å². The lowest BCUT2D eigenvalue weighted by Crippen LogP contribution is -2.46. The van der Waals surface area contributed by atoms with Gasteiger partial charge in [0.05, 0.1) is 39.9 Å². The molecule has 0 fully saturated rings. The number of carbonyl (C=O) groups excluding carboxylic acids is 1. The summed E-state index contributed by atoms with van der Waals surface area (Å²) in [5, 5.41) is 14.1. The number of nitrogens with zero attached hydrogens (tertiary/aromatic N) is 1. The van der Waals surface area contributed by atoms with Crippen molar-refractivity contribution in [2.24, 2.45) is 0 Å². The van der Waals surface area contributed by atoms with Crippen LogP contribution in [0.1, 0.15) is 399 Å². The van der Waals surface area contributed by atoms with Crippen LogP contribution in [-0.4, -0.2) is 73.4 Å². The van der Waals surface area contributed by atoms with E-state index in [4.69, 9.17) is 9.05 Å². The summed E-state index contributed by atoms with van der Waals surface area (Å²) in [7, 11) is 1.64. The smallest absolute Gasteiger partial charge is 0.391 e. The second kappa shape index (κ2) is 63.0. The van der Waals surface area contributed by atoms with E-state index < -0.39 is 20.0 Å². The largest absolute Gasteiger partial charge is 0.472 e. The van der Waals surface area contributed by atoms with Crippen LogP contribution in [0.5, 0.6) is 0 Å². The molecule has 0 aromatic heterocycles. The summed E-state index contributed by atoms with van der Waals surface area (Å²) >= 11 is 0. The molecule has 0 aromatic rings. The van der Waals surface area contributed by atoms with Gasteiger partial charge in [-0.3, -0.25) is 13.8 Å². The minimum absolute atomic E-state index is 0.0794. The molecule has 0 saturated carbocycles. The Kier molecular flexibility index (Phi) is 62.6. The number of quaternary nitrogens is 1. The third-order valence-electron chi connectivity index (χ3n) is 17.4. The van der Waals surface area contributed by atoms with E-state index in [0.29, 0.717) is 23.9 Å². The van der Waals surface area contributed by atoms with Gasteiger partial charge >= 0.3 is 7.82 Å². The number of hydrogen-bond donors (Lipinski definition) is 3. The van der Waals surface area contributed by atoms with Gasteiger partial charge in [0.15, 0.2) is 0 Å². The summed E-state index contributed by atoms with van der Waals surface area (Å²) in [4.78, 5) is 23.5. The predicted octanol–water partition coefficient (Wildman–Crippen LogP) is 23.1. The number of likely N-dealkylation sites (N-methyl/N-ethyl adjacent to an activating group) is 1. The normalized spacial score (nSPS) is 13.5. The molecule has 480 valence electrons. The molecule has 0 bridgehead atoms. The molecule has 0 aliphatic heterocycles. The van der Waals surface area contributed by atoms with Gasteiger partial charge in [-0.1, -0.05) is 380 Å². The van der Waals surface area contributed by atoms with E-state index in [-0.39, 0.29) is 19.1 Å². The van der Waals surface area contributed by atoms with Gasteiger partial charge in [-0.25, -0.2) is 4.57 Å². The van der Waals surface area contributed by atoms with Crippen LogP contribution >= 0.6 is 7.82 Å². The molecule has 3 N–H and O–H groups in total. The quantitative estimate of drug-likeness (QED) is 0.0318. The van der Waals surface area contributed by atoms with Crippen LogP contribution in [0.25, 0.3) is 0 Å². The molecule has 0 aliphatic carbocycles. The molecule has 3 atom stereocenters. The zero-order valence-electron chi connectivity index (χ0n) is 55.1. The minimum atomic E-state index is -4.32. The van der Waals surface area contributed by atoms with Crippen molar-refractivity contribution in [2.75, 3.05) is 40.9 Å². The number of amides is 1. The Bertz CT molecular complexity index is 1260. The summed E-state index contributed by atoms with van der Waals surface area (Å²) in [6.45, 7) is 4.97. The van der Waals surface area contributed by atoms with Crippen molar-refractivity contribution < 1.29 is 32.9 Å². The first-order valence-corrected chi connectivity index (χ1v) is 37.9. The number of nitrogens with one attached hydrogen (secondary N) is 1. The minimum Gasteiger partial charge on any atom is -0.391 e. The molecule has 0 aliphatic rings. The maximum Gasteiger partial charge on any atom is 0.472 e. The average molecular weight is 1150 g/mol. The monoisotopic (exact) mass is 1150 g/mol. The van der Waals surface area contributed by atoms with E-state index >= 15 is 0 Å². The van der Waals surface area contributed by atoms with Gasteiger partial charge in [-0.15, -0.1) is 0 Å². The SMILES string of the molecule is CCCCCCCCCCCCCCCCCCCCCCCCCCCCCCCCCCCCCCCC(=O)NC(COP(=O)(O)OCC[N+](C)(C)C)C(O)CCCCCCCCCCCCCCCCCCCCCCC. The molecule has 0 radical (unpaired) electrons. The van der Waals surface area contributed by atoms with Crippen molar-refractivity contribution in [1.29, 1.82) is 0 Å². The Labute approximate surface area is 501 Å². The van der Waals surface area contributed by atoms with Crippen LogP contribution in [0.15, 0.2) is 0 Å². The second-order valence-electron chi connectivity index (χ2n) is 26.7. The lowest BCUT2D eigenvalue weighted by Gasteiger charge is -2.26. The number of phosphoric acid groups is 1. The van der Waals surface area contributed by atoms with Crippen LogP contribution in [-0.2, 0) is 18.4 Å². The zero-order chi connectivity index (χ0) is 58.4. The summed E-state index contributed by atoms with van der Waals surface area (Å²) in [5.74, 6) is -0.133.